The lowest BCUT2D eigenvalue weighted by Crippen LogP contribution is -2.22. The van der Waals surface area contributed by atoms with Gasteiger partial charge >= 0.3 is 0 Å². The third-order valence-electron chi connectivity index (χ3n) is 3.31. The largest absolute Gasteiger partial charge is 0.370 e. The summed E-state index contributed by atoms with van der Waals surface area (Å²) in [7, 11) is 0. The molecule has 1 N–H and O–H groups in total. The van der Waals surface area contributed by atoms with Crippen LogP contribution in [0.3, 0.4) is 0 Å². The van der Waals surface area contributed by atoms with Gasteiger partial charge in [-0.1, -0.05) is 5.16 Å². The normalized spacial score (nSPS) is 18.4. The van der Waals surface area contributed by atoms with E-state index in [-0.39, 0.29) is 17.8 Å². The van der Waals surface area contributed by atoms with E-state index in [0.717, 1.165) is 31.4 Å². The van der Waals surface area contributed by atoms with E-state index in [1.165, 1.54) is 12.3 Å². The average molecular weight is 288 g/mol. The topological polar surface area (TPSA) is 90.1 Å². The maximum atomic E-state index is 11.7. The van der Waals surface area contributed by atoms with Gasteiger partial charge in [0.05, 0.1) is 6.20 Å². The van der Waals surface area contributed by atoms with Crippen LogP contribution in [0, 0.1) is 0 Å². The summed E-state index contributed by atoms with van der Waals surface area (Å²) in [6.45, 7) is 1.11. The maximum absolute atomic E-state index is 11.7. The highest BCUT2D eigenvalue weighted by Crippen LogP contribution is 2.24. The molecule has 0 saturated carbocycles. The van der Waals surface area contributed by atoms with E-state index < -0.39 is 0 Å². The van der Waals surface area contributed by atoms with Gasteiger partial charge in [-0.05, 0) is 19.3 Å². The van der Waals surface area contributed by atoms with Crippen LogP contribution in [0.25, 0.3) is 0 Å². The molecule has 110 valence electrons. The van der Waals surface area contributed by atoms with Crippen molar-refractivity contribution in [1.82, 2.24) is 20.4 Å². The molecule has 1 aliphatic heterocycles. The van der Waals surface area contributed by atoms with Crippen molar-refractivity contribution in [2.24, 2.45) is 0 Å². The Morgan fingerprint density at radius 3 is 2.86 bits per heavy atom. The number of hydrogen-bond donors (Lipinski definition) is 1. The number of rotatable bonds is 4. The summed E-state index contributed by atoms with van der Waals surface area (Å²) in [5.74, 6) is 0.579. The SMILES string of the molecule is O=C(NCc1cnc([C@@H]2CCCCO2)nc1)c1ccno1. The van der Waals surface area contributed by atoms with E-state index in [1.54, 1.807) is 12.4 Å². The van der Waals surface area contributed by atoms with Gasteiger partial charge < -0.3 is 14.6 Å². The second-order valence-electron chi connectivity index (χ2n) is 4.86. The van der Waals surface area contributed by atoms with Crippen LogP contribution in [0.4, 0.5) is 0 Å². The highest BCUT2D eigenvalue weighted by atomic mass is 16.5. The molecule has 3 rings (SSSR count). The van der Waals surface area contributed by atoms with Crippen molar-refractivity contribution >= 4 is 5.91 Å². The summed E-state index contributed by atoms with van der Waals surface area (Å²) < 4.78 is 10.4. The molecule has 0 spiro atoms. The van der Waals surface area contributed by atoms with E-state index in [1.807, 2.05) is 0 Å². The average Bonchev–Trinajstić information content (AvgIpc) is 3.08. The Kier molecular flexibility index (Phi) is 4.20. The lowest BCUT2D eigenvalue weighted by atomic mass is 10.1. The van der Waals surface area contributed by atoms with Crippen LogP contribution in [0.1, 0.15) is 47.3 Å². The monoisotopic (exact) mass is 288 g/mol. The molecule has 1 amide bonds. The quantitative estimate of drug-likeness (QED) is 0.919. The lowest BCUT2D eigenvalue weighted by Gasteiger charge is -2.21. The number of aromatic nitrogens is 3. The molecule has 7 heteroatoms. The molecule has 0 bridgehead atoms. The molecule has 21 heavy (non-hydrogen) atoms. The van der Waals surface area contributed by atoms with E-state index in [2.05, 4.69) is 20.4 Å². The van der Waals surface area contributed by atoms with Crippen LogP contribution < -0.4 is 5.32 Å². The number of nitrogens with one attached hydrogen (secondary N) is 1. The fraction of sp³-hybridized carbons (Fsp3) is 0.429. The summed E-state index contributed by atoms with van der Waals surface area (Å²) in [6, 6.07) is 1.51. The van der Waals surface area contributed by atoms with E-state index in [9.17, 15) is 4.79 Å². The first-order chi connectivity index (χ1) is 10.3. The number of nitrogens with zero attached hydrogens (tertiary/aromatic N) is 3. The molecule has 1 aliphatic rings. The second kappa shape index (κ2) is 6.45. The van der Waals surface area contributed by atoms with Crippen molar-refractivity contribution in [1.29, 1.82) is 0 Å². The zero-order valence-electron chi connectivity index (χ0n) is 11.5. The molecule has 0 aliphatic carbocycles. The van der Waals surface area contributed by atoms with Crippen LogP contribution in [0.5, 0.6) is 0 Å². The maximum Gasteiger partial charge on any atom is 0.290 e. The van der Waals surface area contributed by atoms with Gasteiger partial charge in [0.2, 0.25) is 5.76 Å². The minimum atomic E-state index is -0.313. The fourth-order valence-corrected chi connectivity index (χ4v) is 2.17. The molecule has 0 aromatic carbocycles. The summed E-state index contributed by atoms with van der Waals surface area (Å²) in [4.78, 5) is 20.3. The first kappa shape index (κ1) is 13.7. The van der Waals surface area contributed by atoms with Gasteiger partial charge in [-0.15, -0.1) is 0 Å². The Hall–Kier alpha value is -2.28. The van der Waals surface area contributed by atoms with Gasteiger partial charge in [-0.25, -0.2) is 9.97 Å². The van der Waals surface area contributed by atoms with E-state index in [4.69, 9.17) is 9.26 Å². The molecule has 3 heterocycles. The summed E-state index contributed by atoms with van der Waals surface area (Å²) in [6.07, 6.45) is 8.04. The molecule has 1 saturated heterocycles. The lowest BCUT2D eigenvalue weighted by molar-refractivity contribution is 0.00940. The zero-order chi connectivity index (χ0) is 14.5. The van der Waals surface area contributed by atoms with Gasteiger partial charge in [0.1, 0.15) is 6.10 Å². The van der Waals surface area contributed by atoms with Crippen molar-refractivity contribution in [2.45, 2.75) is 31.9 Å². The molecule has 0 radical (unpaired) electrons. The summed E-state index contributed by atoms with van der Waals surface area (Å²) in [5.41, 5.74) is 0.822. The van der Waals surface area contributed by atoms with Crippen LogP contribution in [0.2, 0.25) is 0 Å². The second-order valence-corrected chi connectivity index (χ2v) is 4.86. The third-order valence-corrected chi connectivity index (χ3v) is 3.31. The highest BCUT2D eigenvalue weighted by molar-refractivity contribution is 5.91. The molecule has 1 atom stereocenters. The van der Waals surface area contributed by atoms with E-state index in [0.29, 0.717) is 12.4 Å². The van der Waals surface area contributed by atoms with Crippen LogP contribution in [-0.4, -0.2) is 27.6 Å². The Labute approximate surface area is 121 Å². The number of ether oxygens (including phenoxy) is 1. The highest BCUT2D eigenvalue weighted by Gasteiger charge is 2.18. The van der Waals surface area contributed by atoms with Crippen molar-refractivity contribution in [3.05, 3.63) is 41.8 Å². The number of carbonyl (C=O) groups excluding carboxylic acids is 1. The smallest absolute Gasteiger partial charge is 0.290 e. The van der Waals surface area contributed by atoms with Gasteiger partial charge in [0, 0.05) is 37.2 Å². The molecule has 1 fully saturated rings. The molecule has 2 aromatic rings. The third kappa shape index (κ3) is 3.43. The summed E-state index contributed by atoms with van der Waals surface area (Å²) in [5, 5.41) is 6.20. The minimum Gasteiger partial charge on any atom is -0.370 e. The summed E-state index contributed by atoms with van der Waals surface area (Å²) >= 11 is 0. The Bertz CT molecular complexity index is 577. The van der Waals surface area contributed by atoms with E-state index >= 15 is 0 Å². The Morgan fingerprint density at radius 2 is 2.19 bits per heavy atom. The first-order valence-corrected chi connectivity index (χ1v) is 6.94. The fourth-order valence-electron chi connectivity index (χ4n) is 2.17. The van der Waals surface area contributed by atoms with Crippen molar-refractivity contribution in [2.75, 3.05) is 6.61 Å². The Morgan fingerprint density at radius 1 is 1.33 bits per heavy atom. The van der Waals surface area contributed by atoms with Gasteiger partial charge in [-0.2, -0.15) is 0 Å². The van der Waals surface area contributed by atoms with Gasteiger partial charge in [0.15, 0.2) is 5.82 Å². The predicted molar refractivity (Wildman–Crippen MR) is 72.2 cm³/mol. The predicted octanol–water partition coefficient (Wildman–Crippen LogP) is 1.64. The molecular weight excluding hydrogens is 272 g/mol. The molecular formula is C14H16N4O3. The molecule has 7 nitrogen and oxygen atoms in total. The zero-order valence-corrected chi connectivity index (χ0v) is 11.5. The first-order valence-electron chi connectivity index (χ1n) is 6.94. The number of carbonyl (C=O) groups is 1. The van der Waals surface area contributed by atoms with Gasteiger partial charge in [-0.3, -0.25) is 4.79 Å². The van der Waals surface area contributed by atoms with Crippen molar-refractivity contribution < 1.29 is 14.1 Å². The van der Waals surface area contributed by atoms with Crippen LogP contribution in [0.15, 0.2) is 29.2 Å². The minimum absolute atomic E-state index is 0.00316. The Balaban J connectivity index is 1.55. The van der Waals surface area contributed by atoms with Crippen molar-refractivity contribution in [3.8, 4) is 0 Å². The number of hydrogen-bond acceptors (Lipinski definition) is 6. The standard InChI is InChI=1S/C14H16N4O3/c19-14(12-4-5-18-21-12)17-9-10-7-15-13(16-8-10)11-3-1-2-6-20-11/h4-5,7-8,11H,1-3,6,9H2,(H,17,19)/t11-/m0/s1. The van der Waals surface area contributed by atoms with Crippen LogP contribution >= 0.6 is 0 Å². The van der Waals surface area contributed by atoms with Crippen LogP contribution in [-0.2, 0) is 11.3 Å². The number of amides is 1. The van der Waals surface area contributed by atoms with Crippen molar-refractivity contribution in [3.63, 3.8) is 0 Å². The van der Waals surface area contributed by atoms with Gasteiger partial charge in [0.25, 0.3) is 5.91 Å². The molecule has 0 unspecified atom stereocenters. The molecule has 2 aromatic heterocycles.